The lowest BCUT2D eigenvalue weighted by molar-refractivity contribution is -0.158. The van der Waals surface area contributed by atoms with Gasteiger partial charge in [-0.15, -0.1) is 5.73 Å². The lowest BCUT2D eigenvalue weighted by Gasteiger charge is -2.30. The van der Waals surface area contributed by atoms with Crippen molar-refractivity contribution in [2.75, 3.05) is 19.8 Å². The highest BCUT2D eigenvalue weighted by molar-refractivity contribution is 5.85. The van der Waals surface area contributed by atoms with Gasteiger partial charge in [-0.3, -0.25) is 4.79 Å². The molecule has 204 valence electrons. The van der Waals surface area contributed by atoms with Gasteiger partial charge in [-0.25, -0.2) is 19.9 Å². The maximum Gasteiger partial charge on any atom is 0.396 e. The minimum atomic E-state index is -4.35. The number of fused-ring (bicyclic) bond motifs is 1. The fourth-order valence-electron chi connectivity index (χ4n) is 5.44. The van der Waals surface area contributed by atoms with Crippen LogP contribution < -0.4 is 5.56 Å². The number of nitrogens with zero attached hydrogens (tertiary/aromatic N) is 5. The third kappa shape index (κ3) is 5.02. The lowest BCUT2D eigenvalue weighted by atomic mass is 9.91. The van der Waals surface area contributed by atoms with Crippen LogP contribution in [0.25, 0.3) is 16.7 Å². The van der Waals surface area contributed by atoms with E-state index in [0.717, 1.165) is 18.1 Å². The van der Waals surface area contributed by atoms with Gasteiger partial charge >= 0.3 is 6.18 Å². The van der Waals surface area contributed by atoms with E-state index in [-0.39, 0.29) is 30.0 Å². The van der Waals surface area contributed by atoms with Crippen molar-refractivity contribution in [1.82, 2.24) is 24.5 Å². The Kier molecular flexibility index (Phi) is 6.61. The van der Waals surface area contributed by atoms with Crippen molar-refractivity contribution >= 4 is 16.7 Å². The van der Waals surface area contributed by atoms with Gasteiger partial charge in [-0.2, -0.15) is 13.2 Å². The Morgan fingerprint density at radius 2 is 1.87 bits per heavy atom. The second-order valence-corrected chi connectivity index (χ2v) is 10.4. The minimum absolute atomic E-state index is 0.00162. The second-order valence-electron chi connectivity index (χ2n) is 10.4. The van der Waals surface area contributed by atoms with E-state index in [0.29, 0.717) is 72.3 Å². The SMILES string of the molecule is Cc1nc2nc([C@H]3CCO[C@@H](c4ccc(=O)n(C5CCOC5)c4)C3)nc(C3=C=C[C@H](C(F)(F)F)C3)c2nc1C. The molecule has 2 aliphatic heterocycles. The van der Waals surface area contributed by atoms with Crippen LogP contribution in [0, 0.1) is 19.8 Å². The Bertz CT molecular complexity index is 1550. The molecule has 4 atom stereocenters. The Morgan fingerprint density at radius 3 is 2.62 bits per heavy atom. The molecule has 8 nitrogen and oxygen atoms in total. The lowest BCUT2D eigenvalue weighted by Crippen LogP contribution is -2.26. The number of pyridine rings is 1. The zero-order valence-electron chi connectivity index (χ0n) is 21.7. The van der Waals surface area contributed by atoms with Crippen LogP contribution in [0.3, 0.4) is 0 Å². The predicted octanol–water partition coefficient (Wildman–Crippen LogP) is 4.92. The number of alkyl halides is 3. The van der Waals surface area contributed by atoms with E-state index < -0.39 is 12.1 Å². The van der Waals surface area contributed by atoms with Gasteiger partial charge in [0, 0.05) is 37.0 Å². The molecule has 3 aliphatic rings. The molecule has 0 amide bonds. The first-order valence-corrected chi connectivity index (χ1v) is 13.1. The van der Waals surface area contributed by atoms with Crippen molar-refractivity contribution in [2.24, 2.45) is 5.92 Å². The molecule has 0 N–H and O–H groups in total. The molecule has 0 bridgehead atoms. The summed E-state index contributed by atoms with van der Waals surface area (Å²) in [7, 11) is 0. The topological polar surface area (TPSA) is 92.0 Å². The summed E-state index contributed by atoms with van der Waals surface area (Å²) in [4.78, 5) is 31.2. The van der Waals surface area contributed by atoms with Crippen molar-refractivity contribution < 1.29 is 22.6 Å². The molecule has 11 heteroatoms. The summed E-state index contributed by atoms with van der Waals surface area (Å²) in [5.74, 6) is -1.21. The maximum atomic E-state index is 13.4. The first kappa shape index (κ1) is 25.9. The van der Waals surface area contributed by atoms with E-state index in [1.165, 1.54) is 0 Å². The molecule has 0 radical (unpaired) electrons. The van der Waals surface area contributed by atoms with E-state index >= 15 is 0 Å². The van der Waals surface area contributed by atoms with Gasteiger partial charge in [-0.1, -0.05) is 0 Å². The number of aromatic nitrogens is 5. The van der Waals surface area contributed by atoms with Crippen molar-refractivity contribution in [3.05, 3.63) is 69.0 Å². The Labute approximate surface area is 222 Å². The molecule has 0 aromatic carbocycles. The van der Waals surface area contributed by atoms with Crippen LogP contribution in [0.15, 0.2) is 34.9 Å². The standard InChI is InChI=1S/C28H28F3N5O3/c1-15-16(2)33-27-25(32-15)24(17-3-5-20(11-17)28(29,30)31)34-26(35-27)18-7-10-39-22(12-18)19-4-6-23(37)36(13-19)21-8-9-38-14-21/h4-6,13,18,20-22H,7-12,14H2,1-2H3/t18-,20-,21?,22+/m0/s1. The first-order chi connectivity index (χ1) is 18.7. The average Bonchev–Trinajstić information content (AvgIpc) is 3.62. The highest BCUT2D eigenvalue weighted by Gasteiger charge is 2.41. The molecular formula is C28H28F3N5O3. The Morgan fingerprint density at radius 1 is 1.05 bits per heavy atom. The molecule has 0 saturated carbocycles. The largest absolute Gasteiger partial charge is 0.396 e. The van der Waals surface area contributed by atoms with Gasteiger partial charge < -0.3 is 14.0 Å². The summed E-state index contributed by atoms with van der Waals surface area (Å²) in [6.07, 6.45) is 0.0201. The summed E-state index contributed by atoms with van der Waals surface area (Å²) < 4.78 is 53.5. The van der Waals surface area contributed by atoms with Gasteiger partial charge in [0.1, 0.15) is 17.0 Å². The monoisotopic (exact) mass is 539 g/mol. The van der Waals surface area contributed by atoms with Crippen LogP contribution in [0.1, 0.15) is 72.2 Å². The average molecular weight is 540 g/mol. The van der Waals surface area contributed by atoms with E-state index in [1.54, 1.807) is 23.6 Å². The number of halogens is 3. The molecule has 1 aliphatic carbocycles. The highest BCUT2D eigenvalue weighted by atomic mass is 19.4. The first-order valence-electron chi connectivity index (χ1n) is 13.1. The molecule has 39 heavy (non-hydrogen) atoms. The van der Waals surface area contributed by atoms with Gasteiger partial charge in [0.15, 0.2) is 5.65 Å². The molecule has 6 rings (SSSR count). The van der Waals surface area contributed by atoms with E-state index in [2.05, 4.69) is 15.7 Å². The normalized spacial score (nSPS) is 25.4. The third-order valence-corrected chi connectivity index (χ3v) is 7.83. The van der Waals surface area contributed by atoms with Crippen LogP contribution in [0.5, 0.6) is 0 Å². The van der Waals surface area contributed by atoms with Crippen molar-refractivity contribution in [3.8, 4) is 0 Å². The van der Waals surface area contributed by atoms with Crippen LogP contribution in [0.2, 0.25) is 0 Å². The molecule has 1 unspecified atom stereocenters. The summed E-state index contributed by atoms with van der Waals surface area (Å²) in [6.45, 7) is 5.21. The minimum Gasteiger partial charge on any atom is -0.379 e. The predicted molar refractivity (Wildman–Crippen MR) is 136 cm³/mol. The maximum absolute atomic E-state index is 13.4. The number of hydrogen-bond donors (Lipinski definition) is 0. The van der Waals surface area contributed by atoms with Gasteiger partial charge in [0.2, 0.25) is 0 Å². The van der Waals surface area contributed by atoms with Crippen molar-refractivity contribution in [1.29, 1.82) is 0 Å². The molecule has 0 spiro atoms. The molecular weight excluding hydrogens is 511 g/mol. The number of allylic oxidation sites excluding steroid dienone is 1. The summed E-state index contributed by atoms with van der Waals surface area (Å²) in [6, 6.07) is 3.35. The van der Waals surface area contributed by atoms with E-state index in [4.69, 9.17) is 19.4 Å². The van der Waals surface area contributed by atoms with Gasteiger partial charge in [0.05, 0.1) is 36.1 Å². The fraction of sp³-hybridized carbons (Fsp3) is 0.500. The second kappa shape index (κ2) is 9.97. The third-order valence-electron chi connectivity index (χ3n) is 7.83. The van der Waals surface area contributed by atoms with E-state index in [9.17, 15) is 18.0 Å². The van der Waals surface area contributed by atoms with Gasteiger partial charge in [0.25, 0.3) is 5.56 Å². The molecule has 5 heterocycles. The number of aryl methyl sites for hydroxylation is 2. The Balaban J connectivity index is 1.35. The Hall–Kier alpha value is -3.40. The molecule has 2 saturated heterocycles. The molecule has 2 fully saturated rings. The summed E-state index contributed by atoms with van der Waals surface area (Å²) >= 11 is 0. The van der Waals surface area contributed by atoms with Crippen molar-refractivity contribution in [2.45, 2.75) is 63.8 Å². The van der Waals surface area contributed by atoms with Crippen LogP contribution in [-0.4, -0.2) is 50.5 Å². The summed E-state index contributed by atoms with van der Waals surface area (Å²) in [5, 5.41) is 0. The zero-order chi connectivity index (χ0) is 27.3. The quantitative estimate of drug-likeness (QED) is 0.435. The van der Waals surface area contributed by atoms with Crippen LogP contribution in [0.4, 0.5) is 13.2 Å². The van der Waals surface area contributed by atoms with Crippen molar-refractivity contribution in [3.63, 3.8) is 0 Å². The molecule has 3 aromatic rings. The zero-order valence-corrected chi connectivity index (χ0v) is 21.7. The van der Waals surface area contributed by atoms with Gasteiger partial charge in [-0.05, 0) is 57.2 Å². The molecule has 3 aromatic heterocycles. The van der Waals surface area contributed by atoms with Crippen LogP contribution in [-0.2, 0) is 9.47 Å². The summed E-state index contributed by atoms with van der Waals surface area (Å²) in [5.41, 5.74) is 6.44. The smallest absolute Gasteiger partial charge is 0.379 e. The van der Waals surface area contributed by atoms with Crippen LogP contribution >= 0.6 is 0 Å². The highest BCUT2D eigenvalue weighted by Crippen LogP contribution is 2.41. The number of ether oxygens (including phenoxy) is 2. The van der Waals surface area contributed by atoms with E-state index in [1.807, 2.05) is 13.1 Å². The fourth-order valence-corrected chi connectivity index (χ4v) is 5.44. The number of hydrogen-bond acceptors (Lipinski definition) is 7. The number of rotatable bonds is 4.